The van der Waals surface area contributed by atoms with Crippen molar-refractivity contribution in [2.45, 2.75) is 33.2 Å². The van der Waals surface area contributed by atoms with E-state index >= 15 is 0 Å². The van der Waals surface area contributed by atoms with Crippen molar-refractivity contribution in [1.29, 1.82) is 0 Å². The van der Waals surface area contributed by atoms with Gasteiger partial charge in [0.05, 0.1) is 18.2 Å². The van der Waals surface area contributed by atoms with Crippen LogP contribution in [0.2, 0.25) is 0 Å². The van der Waals surface area contributed by atoms with Gasteiger partial charge in [-0.05, 0) is 60.7 Å². The van der Waals surface area contributed by atoms with Gasteiger partial charge in [-0.2, -0.15) is 0 Å². The van der Waals surface area contributed by atoms with E-state index in [0.29, 0.717) is 48.0 Å². The molecule has 6 nitrogen and oxygen atoms in total. The number of amides is 1. The SMILES string of the molecule is COCCCN1C(=O)C(=O)C(=C(O)c2ccc(OCC(C)C)cc2C)[C@H]1c1ccc(F)cc1. The highest BCUT2D eigenvalue weighted by Gasteiger charge is 2.45. The highest BCUT2D eigenvalue weighted by atomic mass is 19.1. The largest absolute Gasteiger partial charge is 0.507 e. The number of Topliss-reactive ketones (excluding diaryl/α,β-unsaturated/α-hetero) is 1. The maximum atomic E-state index is 13.6. The monoisotopic (exact) mass is 455 g/mol. The topological polar surface area (TPSA) is 76.1 Å². The molecular formula is C26H30FNO5. The van der Waals surface area contributed by atoms with Crippen LogP contribution in [0.3, 0.4) is 0 Å². The molecule has 0 aliphatic carbocycles. The molecular weight excluding hydrogens is 425 g/mol. The van der Waals surface area contributed by atoms with Crippen LogP contribution in [-0.2, 0) is 14.3 Å². The second kappa shape index (κ2) is 10.6. The van der Waals surface area contributed by atoms with E-state index in [-0.39, 0.29) is 17.9 Å². The summed E-state index contributed by atoms with van der Waals surface area (Å²) in [6.07, 6.45) is 0.516. The van der Waals surface area contributed by atoms with Gasteiger partial charge in [0.2, 0.25) is 0 Å². The molecule has 7 heteroatoms. The molecule has 176 valence electrons. The van der Waals surface area contributed by atoms with Crippen LogP contribution in [0.4, 0.5) is 4.39 Å². The summed E-state index contributed by atoms with van der Waals surface area (Å²) in [5.74, 6) is -1.13. The van der Waals surface area contributed by atoms with Crippen molar-refractivity contribution in [3.05, 3.63) is 70.5 Å². The Balaban J connectivity index is 2.05. The fourth-order valence-electron chi connectivity index (χ4n) is 3.88. The Morgan fingerprint density at radius 3 is 2.45 bits per heavy atom. The molecule has 0 saturated carbocycles. The average molecular weight is 456 g/mol. The molecule has 1 amide bonds. The molecule has 1 fully saturated rings. The van der Waals surface area contributed by atoms with E-state index in [1.165, 1.54) is 29.2 Å². The number of methoxy groups -OCH3 is 1. The Bertz CT molecular complexity index is 1050. The second-order valence-electron chi connectivity index (χ2n) is 8.57. The van der Waals surface area contributed by atoms with Crippen LogP contribution in [-0.4, -0.2) is 48.6 Å². The van der Waals surface area contributed by atoms with Gasteiger partial charge in [-0.1, -0.05) is 26.0 Å². The average Bonchev–Trinajstić information content (AvgIpc) is 3.03. The summed E-state index contributed by atoms with van der Waals surface area (Å²) in [5, 5.41) is 11.2. The molecule has 1 atom stereocenters. The summed E-state index contributed by atoms with van der Waals surface area (Å²) in [4.78, 5) is 27.3. The normalized spacial score (nSPS) is 17.8. The second-order valence-corrected chi connectivity index (χ2v) is 8.57. The van der Waals surface area contributed by atoms with Crippen molar-refractivity contribution in [2.75, 3.05) is 26.9 Å². The zero-order valence-corrected chi connectivity index (χ0v) is 19.4. The lowest BCUT2D eigenvalue weighted by Gasteiger charge is -2.25. The number of rotatable bonds is 9. The summed E-state index contributed by atoms with van der Waals surface area (Å²) >= 11 is 0. The third-order valence-electron chi connectivity index (χ3n) is 5.51. The van der Waals surface area contributed by atoms with Gasteiger partial charge in [0.15, 0.2) is 0 Å². The summed E-state index contributed by atoms with van der Waals surface area (Å²) < 4.78 is 24.4. The molecule has 1 aliphatic rings. The standard InChI is InChI=1S/C26H30FNO5/c1-16(2)15-33-20-10-11-21(17(3)14-20)24(29)22-23(18-6-8-19(27)9-7-18)28(12-5-13-32-4)26(31)25(22)30/h6-11,14,16,23,29H,5,12-13,15H2,1-4H3/t23-/m1/s1. The predicted molar refractivity (Wildman–Crippen MR) is 123 cm³/mol. The lowest BCUT2D eigenvalue weighted by Crippen LogP contribution is -2.31. The molecule has 1 saturated heterocycles. The minimum atomic E-state index is -0.821. The molecule has 0 unspecified atom stereocenters. The highest BCUT2D eigenvalue weighted by Crippen LogP contribution is 2.40. The number of hydrogen-bond acceptors (Lipinski definition) is 5. The Morgan fingerprint density at radius 1 is 1.15 bits per heavy atom. The quantitative estimate of drug-likeness (QED) is 0.258. The number of likely N-dealkylation sites (tertiary alicyclic amines) is 1. The van der Waals surface area contributed by atoms with Gasteiger partial charge in [-0.25, -0.2) is 4.39 Å². The van der Waals surface area contributed by atoms with Gasteiger partial charge in [0, 0.05) is 25.8 Å². The van der Waals surface area contributed by atoms with E-state index in [9.17, 15) is 19.1 Å². The molecule has 0 aromatic heterocycles. The summed E-state index contributed by atoms with van der Waals surface area (Å²) in [6, 6.07) is 9.98. The molecule has 33 heavy (non-hydrogen) atoms. The molecule has 0 radical (unpaired) electrons. The van der Waals surface area contributed by atoms with Crippen molar-refractivity contribution in [1.82, 2.24) is 4.90 Å². The smallest absolute Gasteiger partial charge is 0.295 e. The minimum Gasteiger partial charge on any atom is -0.507 e. The van der Waals surface area contributed by atoms with Crippen LogP contribution in [0.15, 0.2) is 48.0 Å². The lowest BCUT2D eigenvalue weighted by molar-refractivity contribution is -0.140. The molecule has 1 heterocycles. The van der Waals surface area contributed by atoms with Crippen LogP contribution in [0.25, 0.3) is 5.76 Å². The van der Waals surface area contributed by atoms with Crippen LogP contribution in [0.5, 0.6) is 5.75 Å². The number of carbonyl (C=O) groups is 2. The zero-order chi connectivity index (χ0) is 24.1. The first-order valence-electron chi connectivity index (χ1n) is 11.0. The first-order chi connectivity index (χ1) is 15.7. The molecule has 2 aromatic carbocycles. The number of carbonyl (C=O) groups excluding carboxylic acids is 2. The summed E-state index contributed by atoms with van der Waals surface area (Å²) in [5.41, 5.74) is 1.68. The number of benzene rings is 2. The predicted octanol–water partition coefficient (Wildman–Crippen LogP) is 4.63. The van der Waals surface area contributed by atoms with Gasteiger partial charge in [0.25, 0.3) is 11.7 Å². The van der Waals surface area contributed by atoms with Crippen molar-refractivity contribution in [3.8, 4) is 5.75 Å². The maximum absolute atomic E-state index is 13.6. The molecule has 0 bridgehead atoms. The van der Waals surface area contributed by atoms with E-state index in [1.54, 1.807) is 32.2 Å². The van der Waals surface area contributed by atoms with E-state index in [4.69, 9.17) is 9.47 Å². The highest BCUT2D eigenvalue weighted by molar-refractivity contribution is 6.46. The fraction of sp³-hybridized carbons (Fsp3) is 0.385. The van der Waals surface area contributed by atoms with Crippen molar-refractivity contribution >= 4 is 17.4 Å². The number of aliphatic hydroxyl groups excluding tert-OH is 1. The van der Waals surface area contributed by atoms with Crippen LogP contribution in [0, 0.1) is 18.7 Å². The van der Waals surface area contributed by atoms with E-state index < -0.39 is 23.5 Å². The van der Waals surface area contributed by atoms with Gasteiger partial charge >= 0.3 is 0 Å². The molecule has 0 spiro atoms. The Kier molecular flexibility index (Phi) is 7.87. The van der Waals surface area contributed by atoms with Crippen molar-refractivity contribution in [3.63, 3.8) is 0 Å². The number of aliphatic hydroxyl groups is 1. The first-order valence-corrected chi connectivity index (χ1v) is 11.0. The lowest BCUT2D eigenvalue weighted by atomic mass is 9.94. The van der Waals surface area contributed by atoms with Crippen LogP contribution < -0.4 is 4.74 Å². The first kappa shape index (κ1) is 24.5. The number of halogens is 1. The fourth-order valence-corrected chi connectivity index (χ4v) is 3.88. The van der Waals surface area contributed by atoms with Crippen LogP contribution in [0.1, 0.15) is 43.0 Å². The minimum absolute atomic E-state index is 0.0111. The number of ether oxygens (including phenoxy) is 2. The van der Waals surface area contributed by atoms with Gasteiger partial charge in [-0.15, -0.1) is 0 Å². The molecule has 1 aliphatic heterocycles. The van der Waals surface area contributed by atoms with Gasteiger partial charge in [0.1, 0.15) is 17.3 Å². The number of nitrogens with zero attached hydrogens (tertiary/aromatic N) is 1. The summed E-state index contributed by atoms with van der Waals surface area (Å²) in [6.45, 7) is 7.14. The van der Waals surface area contributed by atoms with Crippen molar-refractivity contribution < 1.29 is 28.6 Å². The molecule has 1 N–H and O–H groups in total. The van der Waals surface area contributed by atoms with Gasteiger partial charge < -0.3 is 19.5 Å². The van der Waals surface area contributed by atoms with E-state index in [1.807, 2.05) is 13.8 Å². The van der Waals surface area contributed by atoms with E-state index in [2.05, 4.69) is 0 Å². The van der Waals surface area contributed by atoms with Crippen molar-refractivity contribution in [2.24, 2.45) is 5.92 Å². The van der Waals surface area contributed by atoms with E-state index in [0.717, 1.165) is 0 Å². The Morgan fingerprint density at radius 2 is 1.85 bits per heavy atom. The molecule has 2 aromatic rings. The third kappa shape index (κ3) is 5.42. The number of hydrogen-bond donors (Lipinski definition) is 1. The molecule has 3 rings (SSSR count). The van der Waals surface area contributed by atoms with Gasteiger partial charge in [-0.3, -0.25) is 9.59 Å². The van der Waals surface area contributed by atoms with Crippen LogP contribution >= 0.6 is 0 Å². The number of ketones is 1. The third-order valence-corrected chi connectivity index (χ3v) is 5.51. The number of aryl methyl sites for hydroxylation is 1. The Labute approximate surface area is 193 Å². The Hall–Kier alpha value is -3.19. The summed E-state index contributed by atoms with van der Waals surface area (Å²) in [7, 11) is 1.56. The maximum Gasteiger partial charge on any atom is 0.295 e. The zero-order valence-electron chi connectivity index (χ0n) is 19.4.